The molecule has 0 radical (unpaired) electrons. The number of aromatic nitrogens is 1. The number of Topliss-reactive ketones (excluding diaryl/α,β-unsaturated/α-hetero) is 1. The molecule has 3 rings (SSSR count). The molecule has 1 fully saturated rings. The third kappa shape index (κ3) is 4.10. The van der Waals surface area contributed by atoms with Gasteiger partial charge in [0.15, 0.2) is 5.78 Å². The van der Waals surface area contributed by atoms with Crippen molar-refractivity contribution in [2.45, 2.75) is 22.1 Å². The molecule has 0 N–H and O–H groups in total. The van der Waals surface area contributed by atoms with Crippen LogP contribution in [0.25, 0.3) is 0 Å². The first kappa shape index (κ1) is 18.5. The van der Waals surface area contributed by atoms with E-state index in [-0.39, 0.29) is 17.6 Å². The summed E-state index contributed by atoms with van der Waals surface area (Å²) in [6.07, 6.45) is 5.61. The van der Waals surface area contributed by atoms with Gasteiger partial charge in [0.1, 0.15) is 10.0 Å². The van der Waals surface area contributed by atoms with Crippen LogP contribution in [0.1, 0.15) is 33.7 Å². The van der Waals surface area contributed by atoms with Gasteiger partial charge in [-0.15, -0.1) is 23.1 Å². The third-order valence-electron chi connectivity index (χ3n) is 4.33. The Hall–Kier alpha value is -1.31. The van der Waals surface area contributed by atoms with E-state index in [0.29, 0.717) is 18.8 Å². The molecule has 7 heteroatoms. The van der Waals surface area contributed by atoms with Crippen LogP contribution >= 0.6 is 34.9 Å². The van der Waals surface area contributed by atoms with Crippen molar-refractivity contribution in [3.05, 3.63) is 40.9 Å². The lowest BCUT2D eigenvalue weighted by Crippen LogP contribution is -2.42. The molecular formula is C18H20N2O2S3. The van der Waals surface area contributed by atoms with Gasteiger partial charge in [-0.3, -0.25) is 9.59 Å². The summed E-state index contributed by atoms with van der Waals surface area (Å²) in [7, 11) is 0. The number of thioether (sulfide) groups is 2. The molecule has 2 heterocycles. The highest BCUT2D eigenvalue weighted by atomic mass is 32.2. The average molecular weight is 393 g/mol. The lowest BCUT2D eigenvalue weighted by atomic mass is 9.90. The lowest BCUT2D eigenvalue weighted by molar-refractivity contribution is 0.0631. The number of piperidine rings is 1. The molecule has 2 aromatic rings. The van der Waals surface area contributed by atoms with E-state index >= 15 is 0 Å². The number of carbonyl (C=O) groups is 2. The van der Waals surface area contributed by atoms with Gasteiger partial charge in [-0.25, -0.2) is 4.98 Å². The van der Waals surface area contributed by atoms with Crippen LogP contribution in [0.4, 0.5) is 0 Å². The van der Waals surface area contributed by atoms with Gasteiger partial charge in [0.05, 0.1) is 0 Å². The molecule has 1 atom stereocenters. The zero-order valence-corrected chi connectivity index (χ0v) is 16.7. The Kier molecular flexibility index (Phi) is 6.19. The van der Waals surface area contributed by atoms with Gasteiger partial charge in [0.25, 0.3) is 5.91 Å². The standard InChI is InChI=1S/C18H20N2O2S3/c1-23-15-8-4-3-7-13(15)16(21)12-6-5-9-20(10-12)17(22)14-11-25-18(19-14)24-2/h3-4,7-8,11-12H,5-6,9-10H2,1-2H3/t12-/m1/s1. The number of hydrogen-bond acceptors (Lipinski definition) is 6. The van der Waals surface area contributed by atoms with E-state index in [0.717, 1.165) is 27.6 Å². The van der Waals surface area contributed by atoms with Crippen LogP contribution in [-0.2, 0) is 0 Å². The Morgan fingerprint density at radius 2 is 2.04 bits per heavy atom. The van der Waals surface area contributed by atoms with Crippen LogP contribution in [0, 0.1) is 5.92 Å². The van der Waals surface area contributed by atoms with Crippen LogP contribution in [0.2, 0.25) is 0 Å². The maximum atomic E-state index is 13.0. The van der Waals surface area contributed by atoms with Gasteiger partial charge < -0.3 is 4.90 Å². The molecular weight excluding hydrogens is 372 g/mol. The zero-order valence-electron chi connectivity index (χ0n) is 14.2. The lowest BCUT2D eigenvalue weighted by Gasteiger charge is -2.31. The van der Waals surface area contributed by atoms with E-state index in [1.807, 2.05) is 42.2 Å². The van der Waals surface area contributed by atoms with Gasteiger partial charge in [0, 0.05) is 34.8 Å². The molecule has 0 aliphatic carbocycles. The van der Waals surface area contributed by atoms with Crippen LogP contribution in [-0.4, -0.2) is 47.2 Å². The monoisotopic (exact) mass is 392 g/mol. The van der Waals surface area contributed by atoms with Crippen molar-refractivity contribution in [2.75, 3.05) is 25.6 Å². The number of rotatable bonds is 5. The van der Waals surface area contributed by atoms with Gasteiger partial charge in [-0.2, -0.15) is 0 Å². The van der Waals surface area contributed by atoms with Gasteiger partial charge >= 0.3 is 0 Å². The highest BCUT2D eigenvalue weighted by molar-refractivity contribution is 8.00. The first-order valence-corrected chi connectivity index (χ1v) is 11.4. The first-order chi connectivity index (χ1) is 12.1. The summed E-state index contributed by atoms with van der Waals surface area (Å²) in [6.45, 7) is 1.17. The fourth-order valence-electron chi connectivity index (χ4n) is 3.05. The highest BCUT2D eigenvalue weighted by Crippen LogP contribution is 2.28. The van der Waals surface area contributed by atoms with Crippen LogP contribution in [0.5, 0.6) is 0 Å². The number of amides is 1. The summed E-state index contributed by atoms with van der Waals surface area (Å²) in [5.74, 6) is -0.0533. The summed E-state index contributed by atoms with van der Waals surface area (Å²) >= 11 is 4.61. The summed E-state index contributed by atoms with van der Waals surface area (Å²) in [5, 5.41) is 1.81. The molecule has 1 aromatic heterocycles. The summed E-state index contributed by atoms with van der Waals surface area (Å²) in [4.78, 5) is 32.8. The number of thiazole rings is 1. The number of nitrogens with zero attached hydrogens (tertiary/aromatic N) is 2. The predicted octanol–water partition coefficient (Wildman–Crippen LogP) is 4.32. The Balaban J connectivity index is 1.74. The fourth-order valence-corrected chi connectivity index (χ4v) is 4.89. The summed E-state index contributed by atoms with van der Waals surface area (Å²) in [5.41, 5.74) is 1.26. The molecule has 0 unspecified atom stereocenters. The number of benzene rings is 1. The molecule has 1 aromatic carbocycles. The molecule has 132 valence electrons. The summed E-state index contributed by atoms with van der Waals surface area (Å²) in [6, 6.07) is 7.71. The molecule has 1 aliphatic rings. The fraction of sp³-hybridized carbons (Fsp3) is 0.389. The SMILES string of the molecule is CSc1nc(C(=O)N2CCC[C@@H](C(=O)c3ccccc3SC)C2)cs1. The van der Waals surface area contributed by atoms with Crippen molar-refractivity contribution in [1.29, 1.82) is 0 Å². The highest BCUT2D eigenvalue weighted by Gasteiger charge is 2.31. The molecule has 25 heavy (non-hydrogen) atoms. The van der Waals surface area contributed by atoms with Crippen LogP contribution < -0.4 is 0 Å². The Labute approximate surface area is 160 Å². The molecule has 4 nitrogen and oxygen atoms in total. The van der Waals surface area contributed by atoms with E-state index in [4.69, 9.17) is 0 Å². The van der Waals surface area contributed by atoms with Gasteiger partial charge in [-0.1, -0.05) is 30.0 Å². The van der Waals surface area contributed by atoms with E-state index in [1.165, 1.54) is 11.3 Å². The Morgan fingerprint density at radius 1 is 1.24 bits per heavy atom. The topological polar surface area (TPSA) is 50.3 Å². The second-order valence-corrected chi connectivity index (χ2v) is 8.62. The number of ketones is 1. The minimum absolute atomic E-state index is 0.0628. The number of carbonyl (C=O) groups excluding carboxylic acids is 2. The number of likely N-dealkylation sites (tertiary alicyclic amines) is 1. The van der Waals surface area contributed by atoms with Crippen molar-refractivity contribution in [2.24, 2.45) is 5.92 Å². The maximum absolute atomic E-state index is 13.0. The smallest absolute Gasteiger partial charge is 0.273 e. The molecule has 0 bridgehead atoms. The van der Waals surface area contributed by atoms with Crippen molar-refractivity contribution in [3.8, 4) is 0 Å². The zero-order chi connectivity index (χ0) is 17.8. The first-order valence-electron chi connectivity index (χ1n) is 8.10. The minimum Gasteiger partial charge on any atom is -0.337 e. The maximum Gasteiger partial charge on any atom is 0.273 e. The quantitative estimate of drug-likeness (QED) is 0.560. The second kappa shape index (κ2) is 8.38. The minimum atomic E-state index is -0.135. The van der Waals surface area contributed by atoms with Crippen molar-refractivity contribution < 1.29 is 9.59 Å². The van der Waals surface area contributed by atoms with Crippen molar-refractivity contribution in [1.82, 2.24) is 9.88 Å². The normalized spacial score (nSPS) is 17.5. The van der Waals surface area contributed by atoms with Crippen molar-refractivity contribution in [3.63, 3.8) is 0 Å². The molecule has 1 saturated heterocycles. The Bertz CT molecular complexity index is 775. The number of hydrogen-bond donors (Lipinski definition) is 0. The largest absolute Gasteiger partial charge is 0.337 e. The van der Waals surface area contributed by atoms with E-state index in [2.05, 4.69) is 4.98 Å². The van der Waals surface area contributed by atoms with E-state index < -0.39 is 0 Å². The Morgan fingerprint density at radius 3 is 2.76 bits per heavy atom. The van der Waals surface area contributed by atoms with Gasteiger partial charge in [0.2, 0.25) is 0 Å². The van der Waals surface area contributed by atoms with Gasteiger partial charge in [-0.05, 0) is 31.4 Å². The molecule has 0 saturated carbocycles. The van der Waals surface area contributed by atoms with E-state index in [9.17, 15) is 9.59 Å². The molecule has 1 amide bonds. The third-order valence-corrected chi connectivity index (χ3v) is 6.99. The van der Waals surface area contributed by atoms with Crippen LogP contribution in [0.3, 0.4) is 0 Å². The second-order valence-electron chi connectivity index (χ2n) is 5.86. The molecule has 0 spiro atoms. The molecule has 1 aliphatic heterocycles. The van der Waals surface area contributed by atoms with Crippen molar-refractivity contribution >= 4 is 46.6 Å². The van der Waals surface area contributed by atoms with E-state index in [1.54, 1.807) is 28.4 Å². The predicted molar refractivity (Wildman–Crippen MR) is 105 cm³/mol. The summed E-state index contributed by atoms with van der Waals surface area (Å²) < 4.78 is 0.891. The van der Waals surface area contributed by atoms with Crippen LogP contribution in [0.15, 0.2) is 38.9 Å². The average Bonchev–Trinajstić information content (AvgIpc) is 3.16.